The Bertz CT molecular complexity index is 621. The average Bonchev–Trinajstić information content (AvgIpc) is 3.08. The second kappa shape index (κ2) is 7.71. The fourth-order valence-corrected chi connectivity index (χ4v) is 2.95. The molecule has 0 radical (unpaired) electrons. The van der Waals surface area contributed by atoms with Gasteiger partial charge in [-0.25, -0.2) is 0 Å². The number of anilines is 1. The minimum Gasteiger partial charge on any atom is -0.375 e. The van der Waals surface area contributed by atoms with E-state index in [-0.39, 0.29) is 12.5 Å². The molecule has 0 spiro atoms. The van der Waals surface area contributed by atoms with E-state index in [0.29, 0.717) is 12.6 Å². The molecule has 0 unspecified atom stereocenters. The van der Waals surface area contributed by atoms with Gasteiger partial charge in [-0.2, -0.15) is 0 Å². The van der Waals surface area contributed by atoms with E-state index in [1.165, 1.54) is 32.1 Å². The highest BCUT2D eigenvalue weighted by atomic mass is 16.1. The maximum Gasteiger partial charge on any atom is 0.239 e. The number of aromatic nitrogens is 4. The van der Waals surface area contributed by atoms with Crippen LogP contribution in [0, 0.1) is 0 Å². The lowest BCUT2D eigenvalue weighted by Crippen LogP contribution is -2.31. The predicted octanol–water partition coefficient (Wildman–Crippen LogP) is 1.91. The van der Waals surface area contributed by atoms with Crippen LogP contribution in [0.4, 0.5) is 5.69 Å². The Morgan fingerprint density at radius 2 is 2.17 bits per heavy atom. The molecule has 3 rings (SSSR count). The van der Waals surface area contributed by atoms with Crippen molar-refractivity contribution >= 4 is 11.6 Å². The number of pyridine rings is 1. The molecule has 1 aliphatic rings. The standard InChI is InChI=1S/C16H22N6O/c23-16(11-18-13-5-4-8-17-9-13)19-10-15-21-20-12-22(15)14-6-2-1-3-7-14/h4-5,8-9,12,14,18H,1-3,6-7,10-11H2,(H,19,23). The van der Waals surface area contributed by atoms with E-state index in [1.54, 1.807) is 18.7 Å². The number of hydrogen-bond acceptors (Lipinski definition) is 5. The molecule has 7 nitrogen and oxygen atoms in total. The van der Waals surface area contributed by atoms with Gasteiger partial charge in [-0.15, -0.1) is 10.2 Å². The number of carbonyl (C=O) groups is 1. The van der Waals surface area contributed by atoms with E-state index in [0.717, 1.165) is 11.5 Å². The summed E-state index contributed by atoms with van der Waals surface area (Å²) in [6.45, 7) is 0.618. The van der Waals surface area contributed by atoms with Crippen molar-refractivity contribution in [1.29, 1.82) is 0 Å². The highest BCUT2D eigenvalue weighted by Crippen LogP contribution is 2.28. The average molecular weight is 314 g/mol. The Morgan fingerprint density at radius 1 is 1.30 bits per heavy atom. The highest BCUT2D eigenvalue weighted by molar-refractivity contribution is 5.80. The number of hydrogen-bond donors (Lipinski definition) is 2. The van der Waals surface area contributed by atoms with E-state index in [2.05, 4.69) is 30.4 Å². The van der Waals surface area contributed by atoms with Crippen molar-refractivity contribution in [3.8, 4) is 0 Å². The van der Waals surface area contributed by atoms with Crippen LogP contribution in [-0.2, 0) is 11.3 Å². The summed E-state index contributed by atoms with van der Waals surface area (Å²) < 4.78 is 2.12. The fourth-order valence-electron chi connectivity index (χ4n) is 2.95. The van der Waals surface area contributed by atoms with Crippen LogP contribution < -0.4 is 10.6 Å². The molecular weight excluding hydrogens is 292 g/mol. The molecule has 1 saturated carbocycles. The number of amides is 1. The maximum atomic E-state index is 11.9. The molecule has 2 N–H and O–H groups in total. The molecule has 23 heavy (non-hydrogen) atoms. The molecule has 1 aliphatic carbocycles. The summed E-state index contributed by atoms with van der Waals surface area (Å²) in [7, 11) is 0. The molecule has 1 amide bonds. The number of carbonyl (C=O) groups excluding carboxylic acids is 1. The molecular formula is C16H22N6O. The molecule has 2 aromatic heterocycles. The van der Waals surface area contributed by atoms with Crippen molar-refractivity contribution in [2.24, 2.45) is 0 Å². The summed E-state index contributed by atoms with van der Waals surface area (Å²) in [6, 6.07) is 4.17. The van der Waals surface area contributed by atoms with Crippen LogP contribution >= 0.6 is 0 Å². The van der Waals surface area contributed by atoms with Crippen molar-refractivity contribution in [3.63, 3.8) is 0 Å². The lowest BCUT2D eigenvalue weighted by Gasteiger charge is -2.24. The van der Waals surface area contributed by atoms with Gasteiger partial charge in [-0.1, -0.05) is 19.3 Å². The van der Waals surface area contributed by atoms with Gasteiger partial charge in [-0.3, -0.25) is 9.78 Å². The second-order valence-electron chi connectivity index (χ2n) is 5.82. The Hall–Kier alpha value is -2.44. The summed E-state index contributed by atoms with van der Waals surface area (Å²) in [5.74, 6) is 0.749. The minimum atomic E-state index is -0.0768. The van der Waals surface area contributed by atoms with Crippen LogP contribution in [0.15, 0.2) is 30.9 Å². The van der Waals surface area contributed by atoms with Crippen molar-refractivity contribution in [2.75, 3.05) is 11.9 Å². The van der Waals surface area contributed by atoms with Gasteiger partial charge in [0.2, 0.25) is 5.91 Å². The summed E-state index contributed by atoms with van der Waals surface area (Å²) in [5, 5.41) is 14.1. The van der Waals surface area contributed by atoms with Crippen LogP contribution in [0.3, 0.4) is 0 Å². The molecule has 122 valence electrons. The normalized spacial score (nSPS) is 15.3. The fraction of sp³-hybridized carbons (Fsp3) is 0.500. The lowest BCUT2D eigenvalue weighted by atomic mass is 9.95. The number of nitrogens with one attached hydrogen (secondary N) is 2. The van der Waals surface area contributed by atoms with Gasteiger partial charge in [0.1, 0.15) is 6.33 Å². The second-order valence-corrected chi connectivity index (χ2v) is 5.82. The van der Waals surface area contributed by atoms with Crippen molar-refractivity contribution in [2.45, 2.75) is 44.7 Å². The topological polar surface area (TPSA) is 84.7 Å². The largest absolute Gasteiger partial charge is 0.375 e. The van der Waals surface area contributed by atoms with Gasteiger partial charge in [0.15, 0.2) is 5.82 Å². The molecule has 2 aromatic rings. The first-order chi connectivity index (χ1) is 11.3. The Morgan fingerprint density at radius 3 is 2.96 bits per heavy atom. The summed E-state index contributed by atoms with van der Waals surface area (Å²) >= 11 is 0. The van der Waals surface area contributed by atoms with Gasteiger partial charge in [0, 0.05) is 18.4 Å². The van der Waals surface area contributed by atoms with E-state index in [1.807, 2.05) is 12.1 Å². The van der Waals surface area contributed by atoms with Crippen LogP contribution in [0.5, 0.6) is 0 Å². The van der Waals surface area contributed by atoms with E-state index in [9.17, 15) is 4.79 Å². The number of rotatable bonds is 6. The maximum absolute atomic E-state index is 11.9. The monoisotopic (exact) mass is 314 g/mol. The zero-order chi connectivity index (χ0) is 15.9. The molecule has 0 aliphatic heterocycles. The van der Waals surface area contributed by atoms with E-state index < -0.39 is 0 Å². The molecule has 0 saturated heterocycles. The Labute approximate surface area is 135 Å². The smallest absolute Gasteiger partial charge is 0.239 e. The van der Waals surface area contributed by atoms with Crippen LogP contribution in [-0.4, -0.2) is 32.2 Å². The van der Waals surface area contributed by atoms with Gasteiger partial charge in [-0.05, 0) is 25.0 Å². The minimum absolute atomic E-state index is 0.0768. The first kappa shape index (κ1) is 15.5. The SMILES string of the molecule is O=C(CNc1cccnc1)NCc1nncn1C1CCCCC1. The highest BCUT2D eigenvalue weighted by Gasteiger charge is 2.18. The Kier molecular flexibility index (Phi) is 5.18. The molecule has 0 bridgehead atoms. The van der Waals surface area contributed by atoms with Gasteiger partial charge >= 0.3 is 0 Å². The molecule has 0 aromatic carbocycles. The third-order valence-corrected chi connectivity index (χ3v) is 4.17. The first-order valence-electron chi connectivity index (χ1n) is 8.12. The van der Waals surface area contributed by atoms with E-state index in [4.69, 9.17) is 0 Å². The number of nitrogens with zero attached hydrogens (tertiary/aromatic N) is 4. The quantitative estimate of drug-likeness (QED) is 0.851. The van der Waals surface area contributed by atoms with Crippen LogP contribution in [0.2, 0.25) is 0 Å². The third kappa shape index (κ3) is 4.28. The molecule has 1 fully saturated rings. The van der Waals surface area contributed by atoms with Crippen molar-refractivity contribution < 1.29 is 4.79 Å². The zero-order valence-corrected chi connectivity index (χ0v) is 13.1. The predicted molar refractivity (Wildman–Crippen MR) is 86.7 cm³/mol. The lowest BCUT2D eigenvalue weighted by molar-refractivity contribution is -0.119. The molecule has 2 heterocycles. The summed E-state index contributed by atoms with van der Waals surface area (Å²) in [4.78, 5) is 15.9. The molecule has 0 atom stereocenters. The first-order valence-corrected chi connectivity index (χ1v) is 8.12. The zero-order valence-electron chi connectivity index (χ0n) is 13.1. The van der Waals surface area contributed by atoms with Crippen molar-refractivity contribution in [1.82, 2.24) is 25.1 Å². The van der Waals surface area contributed by atoms with Gasteiger partial charge in [0.05, 0.1) is 18.8 Å². The molecule has 7 heteroatoms. The van der Waals surface area contributed by atoms with Gasteiger partial charge < -0.3 is 15.2 Å². The third-order valence-electron chi connectivity index (χ3n) is 4.17. The van der Waals surface area contributed by atoms with Crippen LogP contribution in [0.25, 0.3) is 0 Å². The van der Waals surface area contributed by atoms with E-state index >= 15 is 0 Å². The summed E-state index contributed by atoms with van der Waals surface area (Å²) in [6.07, 6.45) is 11.3. The van der Waals surface area contributed by atoms with Crippen LogP contribution in [0.1, 0.15) is 44.0 Å². The summed E-state index contributed by atoms with van der Waals surface area (Å²) in [5.41, 5.74) is 0.827. The van der Waals surface area contributed by atoms with Gasteiger partial charge in [0.25, 0.3) is 0 Å². The van der Waals surface area contributed by atoms with Crippen molar-refractivity contribution in [3.05, 3.63) is 36.7 Å². The Balaban J connectivity index is 1.48.